The third-order valence-corrected chi connectivity index (χ3v) is 3.49. The second-order valence-corrected chi connectivity index (χ2v) is 6.29. The van der Waals surface area contributed by atoms with E-state index in [1.54, 1.807) is 0 Å². The quantitative estimate of drug-likeness (QED) is 0.838. The lowest BCUT2D eigenvalue weighted by Crippen LogP contribution is -2.21. The summed E-state index contributed by atoms with van der Waals surface area (Å²) in [5, 5.41) is 0. The molecule has 1 heterocycles. The molecule has 0 spiro atoms. The lowest BCUT2D eigenvalue weighted by molar-refractivity contribution is -0.00680. The van der Waals surface area contributed by atoms with Gasteiger partial charge in [-0.3, -0.25) is 0 Å². The number of aromatic nitrogens is 1. The van der Waals surface area contributed by atoms with Crippen molar-refractivity contribution >= 4 is 0 Å². The zero-order valence-corrected chi connectivity index (χ0v) is 11.9. The SMILES string of the molecule is CC(C)(C)OCCn1cc2c(c1)C(N)CCCC2. The molecule has 3 heteroatoms. The topological polar surface area (TPSA) is 40.2 Å². The second kappa shape index (κ2) is 5.45. The third kappa shape index (κ3) is 3.59. The van der Waals surface area contributed by atoms with Crippen LogP contribution in [0.3, 0.4) is 0 Å². The van der Waals surface area contributed by atoms with Crippen molar-refractivity contribution in [2.75, 3.05) is 6.61 Å². The van der Waals surface area contributed by atoms with Crippen LogP contribution in [0.25, 0.3) is 0 Å². The fourth-order valence-electron chi connectivity index (χ4n) is 2.54. The summed E-state index contributed by atoms with van der Waals surface area (Å²) in [4.78, 5) is 0. The maximum atomic E-state index is 6.21. The Morgan fingerprint density at radius 3 is 2.83 bits per heavy atom. The van der Waals surface area contributed by atoms with Crippen LogP contribution in [0.15, 0.2) is 12.4 Å². The van der Waals surface area contributed by atoms with E-state index < -0.39 is 0 Å². The highest BCUT2D eigenvalue weighted by molar-refractivity contribution is 5.28. The Kier molecular flexibility index (Phi) is 4.13. The predicted molar refractivity (Wildman–Crippen MR) is 74.6 cm³/mol. The molecule has 1 atom stereocenters. The predicted octanol–water partition coefficient (Wildman–Crippen LogP) is 3.03. The average molecular weight is 250 g/mol. The van der Waals surface area contributed by atoms with Crippen molar-refractivity contribution < 1.29 is 4.74 Å². The number of hydrogen-bond donors (Lipinski definition) is 1. The molecule has 18 heavy (non-hydrogen) atoms. The molecule has 1 aliphatic carbocycles. The van der Waals surface area contributed by atoms with Gasteiger partial charge in [-0.2, -0.15) is 0 Å². The molecule has 0 amide bonds. The minimum absolute atomic E-state index is 0.0549. The Morgan fingerprint density at radius 1 is 1.33 bits per heavy atom. The van der Waals surface area contributed by atoms with E-state index in [1.807, 2.05) is 0 Å². The Balaban J connectivity index is 1.97. The van der Waals surface area contributed by atoms with E-state index in [9.17, 15) is 0 Å². The molecule has 0 bridgehead atoms. The molecular formula is C15H26N2O. The Labute approximate surface area is 110 Å². The summed E-state index contributed by atoms with van der Waals surface area (Å²) in [5.41, 5.74) is 8.95. The number of hydrogen-bond acceptors (Lipinski definition) is 2. The Morgan fingerprint density at radius 2 is 2.11 bits per heavy atom. The fraction of sp³-hybridized carbons (Fsp3) is 0.733. The molecule has 0 fully saturated rings. The highest BCUT2D eigenvalue weighted by Crippen LogP contribution is 2.27. The van der Waals surface area contributed by atoms with E-state index in [2.05, 4.69) is 37.7 Å². The van der Waals surface area contributed by atoms with E-state index in [0.29, 0.717) is 0 Å². The van der Waals surface area contributed by atoms with E-state index in [0.717, 1.165) is 19.6 Å². The number of nitrogens with two attached hydrogens (primary N) is 1. The zero-order valence-electron chi connectivity index (χ0n) is 11.9. The molecule has 0 radical (unpaired) electrons. The van der Waals surface area contributed by atoms with Gasteiger partial charge in [-0.05, 0) is 51.2 Å². The molecule has 2 rings (SSSR count). The maximum Gasteiger partial charge on any atom is 0.0652 e. The standard InChI is InChI=1S/C15H26N2O/c1-15(2,3)18-9-8-17-10-12-6-4-5-7-14(16)13(12)11-17/h10-11,14H,4-9,16H2,1-3H3. The summed E-state index contributed by atoms with van der Waals surface area (Å²) in [6, 6.07) is 0.229. The molecule has 0 saturated heterocycles. The normalized spacial score (nSPS) is 20.6. The van der Waals surface area contributed by atoms with Gasteiger partial charge in [0, 0.05) is 25.0 Å². The van der Waals surface area contributed by atoms with Gasteiger partial charge < -0.3 is 15.0 Å². The van der Waals surface area contributed by atoms with Crippen LogP contribution in [0.1, 0.15) is 57.2 Å². The van der Waals surface area contributed by atoms with Crippen molar-refractivity contribution in [3.63, 3.8) is 0 Å². The molecule has 2 N–H and O–H groups in total. The molecule has 1 unspecified atom stereocenters. The molecule has 0 saturated carbocycles. The van der Waals surface area contributed by atoms with Crippen molar-refractivity contribution in [3.8, 4) is 0 Å². The van der Waals surface area contributed by atoms with Crippen LogP contribution in [0.5, 0.6) is 0 Å². The van der Waals surface area contributed by atoms with Crippen molar-refractivity contribution in [1.82, 2.24) is 4.57 Å². The fourth-order valence-corrected chi connectivity index (χ4v) is 2.54. The molecule has 1 aliphatic rings. The lowest BCUT2D eigenvalue weighted by Gasteiger charge is -2.19. The lowest BCUT2D eigenvalue weighted by atomic mass is 10.1. The highest BCUT2D eigenvalue weighted by Gasteiger charge is 2.17. The van der Waals surface area contributed by atoms with E-state index in [-0.39, 0.29) is 11.6 Å². The zero-order chi connectivity index (χ0) is 13.2. The number of ether oxygens (including phenoxy) is 1. The number of nitrogens with zero attached hydrogens (tertiary/aromatic N) is 1. The highest BCUT2D eigenvalue weighted by atomic mass is 16.5. The first-order valence-corrected chi connectivity index (χ1v) is 7.04. The van der Waals surface area contributed by atoms with Crippen LogP contribution in [0.2, 0.25) is 0 Å². The van der Waals surface area contributed by atoms with E-state index in [4.69, 9.17) is 10.5 Å². The van der Waals surface area contributed by atoms with Crippen LogP contribution in [-0.4, -0.2) is 16.8 Å². The van der Waals surface area contributed by atoms with Gasteiger partial charge in [0.25, 0.3) is 0 Å². The van der Waals surface area contributed by atoms with Gasteiger partial charge in [0.15, 0.2) is 0 Å². The van der Waals surface area contributed by atoms with Crippen LogP contribution in [-0.2, 0) is 17.7 Å². The Hall–Kier alpha value is -0.800. The molecular weight excluding hydrogens is 224 g/mol. The summed E-state index contributed by atoms with van der Waals surface area (Å²) in [7, 11) is 0. The summed E-state index contributed by atoms with van der Waals surface area (Å²) in [6.45, 7) is 7.94. The first-order chi connectivity index (χ1) is 8.46. The molecule has 0 aromatic carbocycles. The van der Waals surface area contributed by atoms with Gasteiger partial charge in [-0.25, -0.2) is 0 Å². The molecule has 1 aromatic heterocycles. The van der Waals surface area contributed by atoms with Gasteiger partial charge in [-0.15, -0.1) is 0 Å². The summed E-state index contributed by atoms with van der Waals surface area (Å²) in [6.07, 6.45) is 9.29. The monoisotopic (exact) mass is 250 g/mol. The van der Waals surface area contributed by atoms with Crippen molar-refractivity contribution in [1.29, 1.82) is 0 Å². The molecule has 1 aromatic rings. The number of rotatable bonds is 3. The molecule has 102 valence electrons. The van der Waals surface area contributed by atoms with Crippen LogP contribution < -0.4 is 5.73 Å². The van der Waals surface area contributed by atoms with Crippen molar-refractivity contribution in [2.45, 2.75) is 64.6 Å². The summed E-state index contributed by atoms with van der Waals surface area (Å²) < 4.78 is 8.00. The smallest absolute Gasteiger partial charge is 0.0652 e. The maximum absolute atomic E-state index is 6.21. The van der Waals surface area contributed by atoms with Gasteiger partial charge >= 0.3 is 0 Å². The van der Waals surface area contributed by atoms with E-state index in [1.165, 1.54) is 30.4 Å². The molecule has 0 aliphatic heterocycles. The van der Waals surface area contributed by atoms with Crippen LogP contribution in [0, 0.1) is 0 Å². The van der Waals surface area contributed by atoms with Crippen molar-refractivity contribution in [3.05, 3.63) is 23.5 Å². The van der Waals surface area contributed by atoms with Crippen LogP contribution in [0.4, 0.5) is 0 Å². The summed E-state index contributed by atoms with van der Waals surface area (Å²) >= 11 is 0. The number of fused-ring (bicyclic) bond motifs is 1. The summed E-state index contributed by atoms with van der Waals surface area (Å²) in [5.74, 6) is 0. The Bertz CT molecular complexity index is 390. The van der Waals surface area contributed by atoms with Crippen LogP contribution >= 0.6 is 0 Å². The minimum atomic E-state index is -0.0549. The van der Waals surface area contributed by atoms with E-state index >= 15 is 0 Å². The molecule has 3 nitrogen and oxygen atoms in total. The minimum Gasteiger partial charge on any atom is -0.374 e. The third-order valence-electron chi connectivity index (χ3n) is 3.49. The van der Waals surface area contributed by atoms with Gasteiger partial charge in [0.2, 0.25) is 0 Å². The first-order valence-electron chi connectivity index (χ1n) is 7.04. The largest absolute Gasteiger partial charge is 0.374 e. The van der Waals surface area contributed by atoms with Gasteiger partial charge in [0.05, 0.1) is 12.2 Å². The second-order valence-electron chi connectivity index (χ2n) is 6.29. The average Bonchev–Trinajstić information content (AvgIpc) is 2.58. The number of aryl methyl sites for hydroxylation is 1. The van der Waals surface area contributed by atoms with Crippen molar-refractivity contribution in [2.24, 2.45) is 5.73 Å². The van der Waals surface area contributed by atoms with Gasteiger partial charge in [-0.1, -0.05) is 6.42 Å². The first kappa shape index (κ1) is 13.6. The van der Waals surface area contributed by atoms with Gasteiger partial charge in [0.1, 0.15) is 0 Å².